The van der Waals surface area contributed by atoms with Crippen molar-refractivity contribution in [2.75, 3.05) is 0 Å². The smallest absolute Gasteiger partial charge is 0.303 e. The molecule has 0 saturated heterocycles. The molecule has 72 valence electrons. The lowest BCUT2D eigenvalue weighted by Crippen LogP contribution is -1.94. The number of aryl methyl sites for hydroxylation is 2. The molecule has 1 aromatic rings. The predicted octanol–water partition coefficient (Wildman–Crippen LogP) is 2.39. The summed E-state index contributed by atoms with van der Waals surface area (Å²) in [5.41, 5.74) is 0. The van der Waals surface area contributed by atoms with E-state index in [-0.39, 0.29) is 6.42 Å². The third-order valence-corrected chi connectivity index (χ3v) is 1.86. The van der Waals surface area contributed by atoms with E-state index in [4.69, 9.17) is 9.52 Å². The number of furan rings is 1. The fraction of sp³-hybridized carbons (Fsp3) is 0.500. The Morgan fingerprint density at radius 1 is 1.46 bits per heavy atom. The average molecular weight is 182 g/mol. The Morgan fingerprint density at radius 3 is 2.77 bits per heavy atom. The molecule has 0 bridgehead atoms. The summed E-state index contributed by atoms with van der Waals surface area (Å²) in [4.78, 5) is 10.2. The van der Waals surface area contributed by atoms with Gasteiger partial charge in [-0.25, -0.2) is 0 Å². The number of hydrogen-bond donors (Lipinski definition) is 1. The van der Waals surface area contributed by atoms with Crippen molar-refractivity contribution >= 4 is 5.97 Å². The molecule has 0 atom stereocenters. The molecular weight excluding hydrogens is 168 g/mol. The lowest BCUT2D eigenvalue weighted by atomic mass is 10.1. The molecule has 0 aliphatic heterocycles. The maximum absolute atomic E-state index is 10.2. The molecule has 13 heavy (non-hydrogen) atoms. The van der Waals surface area contributed by atoms with Crippen molar-refractivity contribution < 1.29 is 14.3 Å². The van der Waals surface area contributed by atoms with E-state index >= 15 is 0 Å². The maximum atomic E-state index is 10.2. The van der Waals surface area contributed by atoms with E-state index < -0.39 is 5.97 Å². The molecule has 1 rings (SSSR count). The molecule has 0 amide bonds. The minimum Gasteiger partial charge on any atom is -0.481 e. The standard InChI is InChI=1S/C10H14O3/c1-8-6-7-9(13-8)4-2-3-5-10(11)12/h6-7H,2-5H2,1H3,(H,11,12). The molecule has 0 aromatic carbocycles. The van der Waals surface area contributed by atoms with Gasteiger partial charge in [0.1, 0.15) is 11.5 Å². The molecule has 3 nitrogen and oxygen atoms in total. The van der Waals surface area contributed by atoms with Gasteiger partial charge in [-0.15, -0.1) is 0 Å². The quantitative estimate of drug-likeness (QED) is 0.711. The largest absolute Gasteiger partial charge is 0.481 e. The van der Waals surface area contributed by atoms with E-state index in [1.165, 1.54) is 0 Å². The van der Waals surface area contributed by atoms with E-state index in [0.717, 1.165) is 30.8 Å². The van der Waals surface area contributed by atoms with Gasteiger partial charge in [-0.1, -0.05) is 0 Å². The second-order valence-corrected chi connectivity index (χ2v) is 3.11. The van der Waals surface area contributed by atoms with Gasteiger partial charge < -0.3 is 9.52 Å². The molecule has 0 aliphatic carbocycles. The Morgan fingerprint density at radius 2 is 2.23 bits per heavy atom. The molecule has 0 fully saturated rings. The van der Waals surface area contributed by atoms with E-state index in [9.17, 15) is 4.79 Å². The first-order chi connectivity index (χ1) is 6.18. The van der Waals surface area contributed by atoms with Crippen molar-refractivity contribution in [3.63, 3.8) is 0 Å². The Balaban J connectivity index is 2.16. The van der Waals surface area contributed by atoms with Crippen LogP contribution in [0.5, 0.6) is 0 Å². The second-order valence-electron chi connectivity index (χ2n) is 3.11. The number of hydrogen-bond acceptors (Lipinski definition) is 2. The van der Waals surface area contributed by atoms with Crippen LogP contribution >= 0.6 is 0 Å². The number of carboxylic acids is 1. The third kappa shape index (κ3) is 3.78. The topological polar surface area (TPSA) is 50.4 Å². The number of rotatable bonds is 5. The van der Waals surface area contributed by atoms with Gasteiger partial charge in [0.25, 0.3) is 0 Å². The monoisotopic (exact) mass is 182 g/mol. The van der Waals surface area contributed by atoms with Crippen molar-refractivity contribution in [1.82, 2.24) is 0 Å². The molecule has 1 N–H and O–H groups in total. The molecule has 0 unspecified atom stereocenters. The molecule has 0 saturated carbocycles. The van der Waals surface area contributed by atoms with Gasteiger partial charge in [-0.05, 0) is 31.9 Å². The van der Waals surface area contributed by atoms with Crippen LogP contribution in [0, 0.1) is 6.92 Å². The van der Waals surface area contributed by atoms with E-state index in [1.54, 1.807) is 0 Å². The summed E-state index contributed by atoms with van der Waals surface area (Å²) in [5, 5.41) is 8.39. The molecule has 0 spiro atoms. The van der Waals surface area contributed by atoms with E-state index in [1.807, 2.05) is 19.1 Å². The summed E-state index contributed by atoms with van der Waals surface area (Å²) in [5.74, 6) is 1.13. The van der Waals surface area contributed by atoms with Gasteiger partial charge in [0.2, 0.25) is 0 Å². The fourth-order valence-electron chi connectivity index (χ4n) is 1.19. The summed E-state index contributed by atoms with van der Waals surface area (Å²) in [6.45, 7) is 1.90. The van der Waals surface area contributed by atoms with Crippen molar-refractivity contribution in [3.05, 3.63) is 23.7 Å². The summed E-state index contributed by atoms with van der Waals surface area (Å²) >= 11 is 0. The van der Waals surface area contributed by atoms with Crippen LogP contribution < -0.4 is 0 Å². The van der Waals surface area contributed by atoms with Crippen LogP contribution in [-0.2, 0) is 11.2 Å². The second kappa shape index (κ2) is 4.70. The van der Waals surface area contributed by atoms with Crippen molar-refractivity contribution in [2.45, 2.75) is 32.6 Å². The molecule has 1 heterocycles. The Labute approximate surface area is 77.4 Å². The van der Waals surface area contributed by atoms with Crippen LogP contribution in [0.25, 0.3) is 0 Å². The van der Waals surface area contributed by atoms with Crippen molar-refractivity contribution in [2.24, 2.45) is 0 Å². The summed E-state index contributed by atoms with van der Waals surface area (Å²) in [7, 11) is 0. The van der Waals surface area contributed by atoms with Crippen molar-refractivity contribution in [1.29, 1.82) is 0 Å². The van der Waals surface area contributed by atoms with Crippen LogP contribution in [0.15, 0.2) is 16.5 Å². The van der Waals surface area contributed by atoms with Crippen LogP contribution in [0.4, 0.5) is 0 Å². The Hall–Kier alpha value is -1.25. The highest BCUT2D eigenvalue weighted by atomic mass is 16.4. The number of unbranched alkanes of at least 4 members (excludes halogenated alkanes) is 1. The molecule has 0 aliphatic rings. The first-order valence-electron chi connectivity index (χ1n) is 4.45. The summed E-state index contributed by atoms with van der Waals surface area (Å²) in [6, 6.07) is 3.86. The SMILES string of the molecule is Cc1ccc(CCCCC(=O)O)o1. The van der Waals surface area contributed by atoms with Gasteiger partial charge in [0, 0.05) is 12.8 Å². The lowest BCUT2D eigenvalue weighted by molar-refractivity contribution is -0.137. The first kappa shape index (κ1) is 9.84. The van der Waals surface area contributed by atoms with Gasteiger partial charge in [-0.2, -0.15) is 0 Å². The minimum absolute atomic E-state index is 0.250. The predicted molar refractivity (Wildman–Crippen MR) is 48.6 cm³/mol. The average Bonchev–Trinajstić information content (AvgIpc) is 2.45. The highest BCUT2D eigenvalue weighted by Gasteiger charge is 2.00. The summed E-state index contributed by atoms with van der Waals surface area (Å²) < 4.78 is 5.34. The molecule has 0 radical (unpaired) electrons. The first-order valence-corrected chi connectivity index (χ1v) is 4.45. The molecular formula is C10H14O3. The number of carboxylic acid groups (broad SMARTS) is 1. The normalized spacial score (nSPS) is 10.2. The highest BCUT2D eigenvalue weighted by Crippen LogP contribution is 2.10. The zero-order valence-electron chi connectivity index (χ0n) is 7.75. The molecule has 1 aromatic heterocycles. The zero-order valence-corrected chi connectivity index (χ0v) is 7.75. The van der Waals surface area contributed by atoms with Gasteiger partial charge in [0.05, 0.1) is 0 Å². The van der Waals surface area contributed by atoms with Crippen LogP contribution in [-0.4, -0.2) is 11.1 Å². The third-order valence-electron chi connectivity index (χ3n) is 1.86. The van der Waals surface area contributed by atoms with Gasteiger partial charge >= 0.3 is 5.97 Å². The van der Waals surface area contributed by atoms with Crippen LogP contribution in [0.2, 0.25) is 0 Å². The van der Waals surface area contributed by atoms with Gasteiger partial charge in [0.15, 0.2) is 0 Å². The fourth-order valence-corrected chi connectivity index (χ4v) is 1.19. The Kier molecular flexibility index (Phi) is 3.55. The van der Waals surface area contributed by atoms with E-state index in [2.05, 4.69) is 0 Å². The zero-order chi connectivity index (χ0) is 9.68. The maximum Gasteiger partial charge on any atom is 0.303 e. The number of carbonyl (C=O) groups is 1. The van der Waals surface area contributed by atoms with Gasteiger partial charge in [-0.3, -0.25) is 4.79 Å². The lowest BCUT2D eigenvalue weighted by Gasteiger charge is -1.95. The number of aliphatic carboxylic acids is 1. The Bertz CT molecular complexity index is 275. The van der Waals surface area contributed by atoms with Crippen LogP contribution in [0.1, 0.15) is 30.8 Å². The summed E-state index contributed by atoms with van der Waals surface area (Å²) in [6.07, 6.45) is 2.68. The minimum atomic E-state index is -0.726. The highest BCUT2D eigenvalue weighted by molar-refractivity contribution is 5.66. The van der Waals surface area contributed by atoms with Crippen LogP contribution in [0.3, 0.4) is 0 Å². The molecule has 3 heteroatoms. The van der Waals surface area contributed by atoms with E-state index in [0.29, 0.717) is 0 Å². The van der Waals surface area contributed by atoms with Crippen molar-refractivity contribution in [3.8, 4) is 0 Å².